The van der Waals surface area contributed by atoms with Crippen LogP contribution >= 0.6 is 0 Å². The molecule has 3 aromatic carbocycles. The lowest BCUT2D eigenvalue weighted by Gasteiger charge is -2.24. The monoisotopic (exact) mass is 374 g/mol. The summed E-state index contributed by atoms with van der Waals surface area (Å²) in [5.41, 5.74) is 4.50. The number of hydrogen-bond acceptors (Lipinski definition) is 0. The maximum Gasteiger partial charge on any atom is 0.213 e. The van der Waals surface area contributed by atoms with Gasteiger partial charge in [-0.3, -0.25) is 0 Å². The summed E-state index contributed by atoms with van der Waals surface area (Å²) in [5, 5.41) is 2.58. The van der Waals surface area contributed by atoms with Crippen LogP contribution < -0.4 is 4.57 Å². The molecule has 142 valence electrons. The standard InChI is InChI=1S/C27H30N/c1-17-11-10-14-24-26(17)18(2)15-25(28(24)7)22-16-23(27(4,5)6)21-13-9-8-12-20(21)19(22)3/h8-16H,1-7H3/q+1/i1D3,2D3. The van der Waals surface area contributed by atoms with Crippen LogP contribution in [0.4, 0.5) is 0 Å². The SMILES string of the molecule is [2H]C([2H])([2H])c1cccc2c1c(C([2H])([2H])[2H])cc(-c1cc(C(C)(C)C)c3ccccc3c1C)[n+]2C. The van der Waals surface area contributed by atoms with E-state index in [1.54, 1.807) is 18.2 Å². The summed E-state index contributed by atoms with van der Waals surface area (Å²) in [4.78, 5) is 0. The molecular formula is C27H30N+. The third kappa shape index (κ3) is 2.81. The number of pyridine rings is 1. The van der Waals surface area contributed by atoms with E-state index in [2.05, 4.69) is 45.9 Å². The Labute approximate surface area is 177 Å². The zero-order valence-corrected chi connectivity index (χ0v) is 17.1. The average Bonchev–Trinajstić information content (AvgIpc) is 2.72. The van der Waals surface area contributed by atoms with Crippen LogP contribution in [0, 0.1) is 20.6 Å². The third-order valence-electron chi connectivity index (χ3n) is 5.71. The van der Waals surface area contributed by atoms with E-state index in [4.69, 9.17) is 8.22 Å². The van der Waals surface area contributed by atoms with E-state index in [0.29, 0.717) is 5.52 Å². The van der Waals surface area contributed by atoms with Gasteiger partial charge in [0, 0.05) is 25.9 Å². The van der Waals surface area contributed by atoms with E-state index in [1.165, 1.54) is 17.0 Å². The molecule has 0 fully saturated rings. The topological polar surface area (TPSA) is 3.88 Å². The van der Waals surface area contributed by atoms with Crippen LogP contribution in [0.25, 0.3) is 32.9 Å². The molecule has 0 saturated carbocycles. The van der Waals surface area contributed by atoms with Gasteiger partial charge in [-0.1, -0.05) is 57.2 Å². The zero-order chi connectivity index (χ0) is 25.2. The van der Waals surface area contributed by atoms with Gasteiger partial charge in [0.05, 0.1) is 5.39 Å². The van der Waals surface area contributed by atoms with Gasteiger partial charge >= 0.3 is 0 Å². The third-order valence-corrected chi connectivity index (χ3v) is 5.71. The first-order valence-corrected chi connectivity index (χ1v) is 9.62. The highest BCUT2D eigenvalue weighted by Crippen LogP contribution is 2.37. The molecule has 0 amide bonds. The van der Waals surface area contributed by atoms with Crippen LogP contribution in [-0.2, 0) is 12.5 Å². The van der Waals surface area contributed by atoms with Crippen LogP contribution in [0.2, 0.25) is 0 Å². The van der Waals surface area contributed by atoms with Crippen molar-refractivity contribution in [2.24, 2.45) is 7.05 Å². The van der Waals surface area contributed by atoms with Gasteiger partial charge in [0.15, 0.2) is 0 Å². The largest absolute Gasteiger partial charge is 0.213 e. The molecular weight excluding hydrogens is 338 g/mol. The van der Waals surface area contributed by atoms with E-state index in [9.17, 15) is 0 Å². The first-order valence-electron chi connectivity index (χ1n) is 12.6. The average molecular weight is 375 g/mol. The molecule has 4 aromatic rings. The molecule has 0 saturated heterocycles. The summed E-state index contributed by atoms with van der Waals surface area (Å²) in [6, 6.07) is 17.1. The Hall–Kier alpha value is -2.67. The van der Waals surface area contributed by atoms with E-state index in [1.807, 2.05) is 23.7 Å². The Morgan fingerprint density at radius 2 is 1.57 bits per heavy atom. The fourth-order valence-electron chi connectivity index (χ4n) is 4.20. The molecule has 1 heteroatoms. The fourth-order valence-corrected chi connectivity index (χ4v) is 4.20. The summed E-state index contributed by atoms with van der Waals surface area (Å²) in [7, 11) is 1.87. The van der Waals surface area contributed by atoms with E-state index in [-0.39, 0.29) is 21.9 Å². The van der Waals surface area contributed by atoms with Crippen molar-refractivity contribution in [3.05, 3.63) is 76.9 Å². The lowest BCUT2D eigenvalue weighted by Crippen LogP contribution is -2.33. The minimum absolute atomic E-state index is 0.0592. The van der Waals surface area contributed by atoms with Gasteiger partial charge in [-0.2, -0.15) is 4.57 Å². The number of aryl methyl sites for hydroxylation is 4. The summed E-state index contributed by atoms with van der Waals surface area (Å²) < 4.78 is 50.7. The molecule has 0 aliphatic rings. The highest BCUT2D eigenvalue weighted by atomic mass is 14.9. The first-order chi connectivity index (χ1) is 15.6. The highest BCUT2D eigenvalue weighted by molar-refractivity contribution is 5.95. The number of hydrogen-bond donors (Lipinski definition) is 0. The highest BCUT2D eigenvalue weighted by Gasteiger charge is 2.24. The van der Waals surface area contributed by atoms with E-state index >= 15 is 0 Å². The molecule has 1 heterocycles. The summed E-state index contributed by atoms with van der Waals surface area (Å²) in [6.45, 7) is 3.68. The predicted octanol–water partition coefficient (Wildman–Crippen LogP) is 6.71. The first kappa shape index (κ1) is 12.7. The summed E-state index contributed by atoms with van der Waals surface area (Å²) >= 11 is 0. The van der Waals surface area contributed by atoms with Crippen LogP contribution in [0.3, 0.4) is 0 Å². The second kappa shape index (κ2) is 6.44. The summed E-state index contributed by atoms with van der Waals surface area (Å²) in [5.74, 6) is 0. The van der Waals surface area contributed by atoms with Gasteiger partial charge < -0.3 is 0 Å². The number of nitrogens with zero attached hydrogens (tertiary/aromatic N) is 1. The quantitative estimate of drug-likeness (QED) is 0.326. The lowest BCUT2D eigenvalue weighted by atomic mass is 9.80. The normalized spacial score (nSPS) is 16.2. The van der Waals surface area contributed by atoms with Crippen molar-refractivity contribution in [1.82, 2.24) is 0 Å². The van der Waals surface area contributed by atoms with Crippen molar-refractivity contribution < 1.29 is 12.8 Å². The molecule has 0 radical (unpaired) electrons. The molecule has 1 nitrogen and oxygen atoms in total. The molecule has 0 unspecified atom stereocenters. The van der Waals surface area contributed by atoms with Gasteiger partial charge in [-0.25, -0.2) is 0 Å². The van der Waals surface area contributed by atoms with Crippen molar-refractivity contribution in [3.8, 4) is 11.3 Å². The number of benzene rings is 3. The van der Waals surface area contributed by atoms with Crippen LogP contribution in [0.1, 0.15) is 51.2 Å². The predicted molar refractivity (Wildman–Crippen MR) is 121 cm³/mol. The second-order valence-corrected chi connectivity index (χ2v) is 8.59. The Morgan fingerprint density at radius 1 is 0.857 bits per heavy atom. The Kier molecular flexibility index (Phi) is 2.93. The fraction of sp³-hybridized carbons (Fsp3) is 0.296. The van der Waals surface area contributed by atoms with Crippen molar-refractivity contribution >= 4 is 21.7 Å². The molecule has 0 bridgehead atoms. The van der Waals surface area contributed by atoms with Crippen LogP contribution in [0.15, 0.2) is 54.6 Å². The smallest absolute Gasteiger partial charge is 0.194 e. The van der Waals surface area contributed by atoms with Crippen LogP contribution in [-0.4, -0.2) is 0 Å². The van der Waals surface area contributed by atoms with Gasteiger partial charge in [0.1, 0.15) is 7.05 Å². The van der Waals surface area contributed by atoms with Crippen molar-refractivity contribution in [2.45, 2.75) is 46.8 Å². The van der Waals surface area contributed by atoms with Gasteiger partial charge in [0.25, 0.3) is 0 Å². The Bertz CT molecular complexity index is 1420. The number of fused-ring (bicyclic) bond motifs is 2. The second-order valence-electron chi connectivity index (χ2n) is 8.59. The molecule has 0 N–H and O–H groups in total. The minimum Gasteiger partial charge on any atom is -0.194 e. The van der Waals surface area contributed by atoms with Gasteiger partial charge in [0.2, 0.25) is 11.2 Å². The molecule has 0 spiro atoms. The molecule has 4 rings (SSSR count). The molecule has 0 aliphatic heterocycles. The Balaban J connectivity index is 2.20. The lowest BCUT2D eigenvalue weighted by molar-refractivity contribution is -0.633. The molecule has 0 aliphatic carbocycles. The zero-order valence-electron chi connectivity index (χ0n) is 23.1. The number of rotatable bonds is 1. The van der Waals surface area contributed by atoms with Crippen LogP contribution in [0.5, 0.6) is 0 Å². The molecule has 1 aromatic heterocycles. The van der Waals surface area contributed by atoms with Crippen molar-refractivity contribution in [3.63, 3.8) is 0 Å². The van der Waals surface area contributed by atoms with Gasteiger partial charge in [-0.15, -0.1) is 0 Å². The maximum atomic E-state index is 8.25. The minimum atomic E-state index is -2.47. The van der Waals surface area contributed by atoms with Crippen molar-refractivity contribution in [2.75, 3.05) is 0 Å². The van der Waals surface area contributed by atoms with Gasteiger partial charge in [-0.05, 0) is 65.1 Å². The Morgan fingerprint density at radius 3 is 2.25 bits per heavy atom. The molecule has 28 heavy (non-hydrogen) atoms. The molecule has 0 atom stereocenters. The number of aromatic nitrogens is 1. The summed E-state index contributed by atoms with van der Waals surface area (Å²) in [6.07, 6.45) is 0. The van der Waals surface area contributed by atoms with Crippen molar-refractivity contribution in [1.29, 1.82) is 0 Å². The maximum absolute atomic E-state index is 8.25. The van der Waals surface area contributed by atoms with E-state index < -0.39 is 13.7 Å². The van der Waals surface area contributed by atoms with E-state index in [0.717, 1.165) is 22.2 Å².